The second-order valence-electron chi connectivity index (χ2n) is 5.22. The molecule has 0 saturated heterocycles. The van der Waals surface area contributed by atoms with E-state index in [2.05, 4.69) is 5.32 Å². The first-order valence-electron chi connectivity index (χ1n) is 7.39. The van der Waals surface area contributed by atoms with Crippen LogP contribution in [0, 0.1) is 10.1 Å². The molecule has 0 bridgehead atoms. The summed E-state index contributed by atoms with van der Waals surface area (Å²) in [6.07, 6.45) is -0.746. The van der Waals surface area contributed by atoms with Gasteiger partial charge in [0.25, 0.3) is 5.69 Å². The molecule has 0 aliphatic carbocycles. The molecule has 0 aliphatic heterocycles. The minimum Gasteiger partial charge on any atom is -0.480 e. The number of nitrogens with zero attached hydrogens (tertiary/aromatic N) is 1. The zero-order valence-corrected chi connectivity index (χ0v) is 13.1. The SMILES string of the molecule is O=C(N[C@@H](Cc1ccccc1)C(=O)O)OCc1ccc([N+](=O)[O-])cc1. The van der Waals surface area contributed by atoms with Gasteiger partial charge in [-0.2, -0.15) is 0 Å². The van der Waals surface area contributed by atoms with Gasteiger partial charge in [-0.05, 0) is 23.3 Å². The number of carboxylic acid groups (broad SMARTS) is 1. The van der Waals surface area contributed by atoms with E-state index < -0.39 is 23.0 Å². The molecule has 0 radical (unpaired) electrons. The fourth-order valence-corrected chi connectivity index (χ4v) is 2.10. The largest absolute Gasteiger partial charge is 0.480 e. The molecule has 8 heteroatoms. The number of nitro benzene ring substituents is 1. The van der Waals surface area contributed by atoms with Gasteiger partial charge in [-0.3, -0.25) is 10.1 Å². The van der Waals surface area contributed by atoms with Crippen LogP contribution in [-0.2, 0) is 22.6 Å². The van der Waals surface area contributed by atoms with Crippen LogP contribution in [0.2, 0.25) is 0 Å². The Morgan fingerprint density at radius 1 is 1.08 bits per heavy atom. The summed E-state index contributed by atoms with van der Waals surface area (Å²) < 4.78 is 4.96. The molecule has 0 fully saturated rings. The molecule has 2 aromatic carbocycles. The zero-order valence-electron chi connectivity index (χ0n) is 13.1. The second-order valence-corrected chi connectivity index (χ2v) is 5.22. The predicted molar refractivity (Wildman–Crippen MR) is 88.0 cm³/mol. The maximum atomic E-state index is 11.8. The van der Waals surface area contributed by atoms with Gasteiger partial charge >= 0.3 is 12.1 Å². The molecule has 130 valence electrons. The normalized spacial score (nSPS) is 11.4. The molecule has 0 unspecified atom stereocenters. The molecule has 1 atom stereocenters. The number of nitro groups is 1. The molecular weight excluding hydrogens is 328 g/mol. The summed E-state index contributed by atoms with van der Waals surface area (Å²) in [5, 5.41) is 22.1. The van der Waals surface area contributed by atoms with Crippen LogP contribution in [0.3, 0.4) is 0 Å². The Morgan fingerprint density at radius 2 is 1.72 bits per heavy atom. The van der Waals surface area contributed by atoms with Crippen molar-refractivity contribution in [1.29, 1.82) is 0 Å². The van der Waals surface area contributed by atoms with Crippen molar-refractivity contribution in [3.05, 3.63) is 75.8 Å². The van der Waals surface area contributed by atoms with Gasteiger partial charge in [0.2, 0.25) is 0 Å². The van der Waals surface area contributed by atoms with Gasteiger partial charge in [0.1, 0.15) is 12.6 Å². The topological polar surface area (TPSA) is 119 Å². The second kappa shape index (κ2) is 8.44. The van der Waals surface area contributed by atoms with Gasteiger partial charge in [0.05, 0.1) is 4.92 Å². The van der Waals surface area contributed by atoms with Gasteiger partial charge < -0.3 is 15.2 Å². The van der Waals surface area contributed by atoms with Gasteiger partial charge in [-0.25, -0.2) is 9.59 Å². The number of hydrogen-bond acceptors (Lipinski definition) is 5. The minimum atomic E-state index is -1.17. The summed E-state index contributed by atoms with van der Waals surface area (Å²) in [5.41, 5.74) is 1.25. The van der Waals surface area contributed by atoms with Crippen LogP contribution < -0.4 is 5.32 Å². The molecule has 0 heterocycles. The number of amides is 1. The molecule has 0 saturated carbocycles. The van der Waals surface area contributed by atoms with Crippen LogP contribution in [0.4, 0.5) is 10.5 Å². The van der Waals surface area contributed by atoms with E-state index in [0.29, 0.717) is 5.56 Å². The van der Waals surface area contributed by atoms with E-state index in [1.165, 1.54) is 24.3 Å². The molecule has 0 spiro atoms. The van der Waals surface area contributed by atoms with Gasteiger partial charge in [-0.1, -0.05) is 30.3 Å². The van der Waals surface area contributed by atoms with Crippen molar-refractivity contribution in [1.82, 2.24) is 5.32 Å². The monoisotopic (exact) mass is 344 g/mol. The van der Waals surface area contributed by atoms with Crippen molar-refractivity contribution in [2.45, 2.75) is 19.1 Å². The highest BCUT2D eigenvalue weighted by molar-refractivity contribution is 5.80. The van der Waals surface area contributed by atoms with Crippen molar-refractivity contribution in [2.24, 2.45) is 0 Å². The molecule has 1 amide bonds. The summed E-state index contributed by atoms with van der Waals surface area (Å²) in [4.78, 5) is 33.1. The number of benzene rings is 2. The lowest BCUT2D eigenvalue weighted by Gasteiger charge is -2.14. The Bertz CT molecular complexity index is 745. The standard InChI is InChI=1S/C17H16N2O6/c20-16(21)15(10-12-4-2-1-3-5-12)18-17(22)25-11-13-6-8-14(9-7-13)19(23)24/h1-9,15H,10-11H2,(H,18,22)(H,20,21)/t15-/m0/s1. The maximum absolute atomic E-state index is 11.8. The molecule has 2 N–H and O–H groups in total. The quantitative estimate of drug-likeness (QED) is 0.588. The average molecular weight is 344 g/mol. The van der Waals surface area contributed by atoms with Crippen molar-refractivity contribution >= 4 is 17.7 Å². The first-order chi connectivity index (χ1) is 12.0. The number of aliphatic carboxylic acids is 1. The van der Waals surface area contributed by atoms with Crippen LogP contribution in [0.5, 0.6) is 0 Å². The Balaban J connectivity index is 1.88. The van der Waals surface area contributed by atoms with Crippen molar-refractivity contribution in [3.8, 4) is 0 Å². The number of carbonyl (C=O) groups excluding carboxylic acids is 1. The maximum Gasteiger partial charge on any atom is 0.408 e. The average Bonchev–Trinajstić information content (AvgIpc) is 2.60. The first kappa shape index (κ1) is 17.9. The Morgan fingerprint density at radius 3 is 2.28 bits per heavy atom. The van der Waals surface area contributed by atoms with E-state index in [9.17, 15) is 24.8 Å². The van der Waals surface area contributed by atoms with Crippen LogP contribution in [0.25, 0.3) is 0 Å². The molecule has 2 rings (SSSR count). The third kappa shape index (κ3) is 5.61. The van der Waals surface area contributed by atoms with Crippen molar-refractivity contribution < 1.29 is 24.4 Å². The Labute approximate surface area is 143 Å². The summed E-state index contributed by atoms with van der Waals surface area (Å²) in [6.45, 7) is -0.124. The summed E-state index contributed by atoms with van der Waals surface area (Å²) in [6, 6.07) is 13.3. The van der Waals surface area contributed by atoms with E-state index in [1.807, 2.05) is 6.07 Å². The molecule has 8 nitrogen and oxygen atoms in total. The number of carbonyl (C=O) groups is 2. The number of ether oxygens (including phenoxy) is 1. The molecular formula is C17H16N2O6. The lowest BCUT2D eigenvalue weighted by atomic mass is 10.1. The van der Waals surface area contributed by atoms with E-state index in [1.54, 1.807) is 24.3 Å². The lowest BCUT2D eigenvalue weighted by Crippen LogP contribution is -2.42. The number of non-ortho nitro benzene ring substituents is 1. The first-order valence-corrected chi connectivity index (χ1v) is 7.39. The van der Waals surface area contributed by atoms with Gasteiger partial charge in [0.15, 0.2) is 0 Å². The zero-order chi connectivity index (χ0) is 18.2. The fourth-order valence-electron chi connectivity index (χ4n) is 2.10. The highest BCUT2D eigenvalue weighted by Gasteiger charge is 2.21. The van der Waals surface area contributed by atoms with Crippen LogP contribution >= 0.6 is 0 Å². The third-order valence-electron chi connectivity index (χ3n) is 3.39. The van der Waals surface area contributed by atoms with Crippen molar-refractivity contribution in [2.75, 3.05) is 0 Å². The minimum absolute atomic E-state index is 0.0676. The lowest BCUT2D eigenvalue weighted by molar-refractivity contribution is -0.384. The molecule has 0 aromatic heterocycles. The summed E-state index contributed by atoms with van der Waals surface area (Å²) in [7, 11) is 0. The number of rotatable bonds is 7. The molecule has 25 heavy (non-hydrogen) atoms. The van der Waals surface area contributed by atoms with Gasteiger partial charge in [-0.15, -0.1) is 0 Å². The molecule has 0 aliphatic rings. The summed E-state index contributed by atoms with van der Waals surface area (Å²) >= 11 is 0. The van der Waals surface area contributed by atoms with Crippen molar-refractivity contribution in [3.63, 3.8) is 0 Å². The third-order valence-corrected chi connectivity index (χ3v) is 3.39. The highest BCUT2D eigenvalue weighted by atomic mass is 16.6. The Hall–Kier alpha value is -3.42. The van der Waals surface area contributed by atoms with E-state index in [4.69, 9.17) is 4.74 Å². The number of nitrogens with one attached hydrogen (secondary N) is 1. The van der Waals surface area contributed by atoms with Gasteiger partial charge in [0, 0.05) is 18.6 Å². The van der Waals surface area contributed by atoms with Crippen LogP contribution in [0.15, 0.2) is 54.6 Å². The molecule has 2 aromatic rings. The number of carboxylic acids is 1. The smallest absolute Gasteiger partial charge is 0.408 e. The predicted octanol–water partition coefficient (Wildman–Crippen LogP) is 2.52. The van der Waals surface area contributed by atoms with Crippen LogP contribution in [0.1, 0.15) is 11.1 Å². The summed E-state index contributed by atoms with van der Waals surface area (Å²) in [5.74, 6) is -1.17. The highest BCUT2D eigenvalue weighted by Crippen LogP contribution is 2.12. The number of hydrogen-bond donors (Lipinski definition) is 2. The number of alkyl carbamates (subject to hydrolysis) is 1. The van der Waals surface area contributed by atoms with Crippen LogP contribution in [-0.4, -0.2) is 28.1 Å². The van der Waals surface area contributed by atoms with E-state index in [0.717, 1.165) is 5.56 Å². The van der Waals surface area contributed by atoms with E-state index in [-0.39, 0.29) is 18.7 Å². The Kier molecular flexibility index (Phi) is 6.05. The van der Waals surface area contributed by atoms with E-state index >= 15 is 0 Å². The fraction of sp³-hybridized carbons (Fsp3) is 0.176.